The summed E-state index contributed by atoms with van der Waals surface area (Å²) >= 11 is 0. The maximum atomic E-state index is 12.5. The van der Waals surface area contributed by atoms with Crippen molar-refractivity contribution in [3.63, 3.8) is 0 Å². The van der Waals surface area contributed by atoms with Crippen LogP contribution < -0.4 is 15.5 Å². The van der Waals surface area contributed by atoms with Crippen LogP contribution in [0.5, 0.6) is 0 Å². The number of anilines is 3. The molecule has 4 N–H and O–H groups in total. The van der Waals surface area contributed by atoms with Gasteiger partial charge in [-0.05, 0) is 55.7 Å². The number of hydrogen-bond acceptors (Lipinski definition) is 8. The highest BCUT2D eigenvalue weighted by Crippen LogP contribution is 2.75. The average molecular weight is 590 g/mol. The molecule has 11 nitrogen and oxygen atoms in total. The Kier molecular flexibility index (Phi) is 7.62. The molecule has 1 saturated heterocycles. The van der Waals surface area contributed by atoms with E-state index >= 15 is 0 Å². The Morgan fingerprint density at radius 3 is 2.48 bits per heavy atom. The first-order valence-electron chi connectivity index (χ1n) is 14.0. The van der Waals surface area contributed by atoms with E-state index in [-0.39, 0.29) is 12.1 Å². The minimum atomic E-state index is -3.18. The van der Waals surface area contributed by atoms with Crippen LogP contribution in [-0.4, -0.2) is 60.7 Å². The van der Waals surface area contributed by atoms with Crippen LogP contribution >= 0.6 is 10.6 Å². The number of nitrogens with one attached hydrogen (secondary N) is 2. The van der Waals surface area contributed by atoms with Gasteiger partial charge < -0.3 is 20.3 Å². The van der Waals surface area contributed by atoms with Crippen molar-refractivity contribution in [2.24, 2.45) is 7.05 Å². The maximum Gasteiger partial charge on any atom is 0.323 e. The van der Waals surface area contributed by atoms with Crippen LogP contribution in [0.25, 0.3) is 11.4 Å². The molecule has 1 aliphatic heterocycles. The summed E-state index contributed by atoms with van der Waals surface area (Å²) in [4.78, 5) is 25.1. The minimum Gasteiger partial charge on any atom is -0.377 e. The van der Waals surface area contributed by atoms with Gasteiger partial charge in [0.05, 0.1) is 41.7 Å². The van der Waals surface area contributed by atoms with Crippen molar-refractivity contribution in [3.05, 3.63) is 78.8 Å². The fourth-order valence-corrected chi connectivity index (χ4v) is 7.41. The Labute approximate surface area is 246 Å². The second-order valence-electron chi connectivity index (χ2n) is 10.7. The molecule has 2 aromatic heterocycles. The first-order chi connectivity index (χ1) is 20.3. The molecule has 2 amide bonds. The maximum absolute atomic E-state index is 12.5. The van der Waals surface area contributed by atoms with Crippen LogP contribution in [0.4, 0.5) is 22.0 Å². The van der Waals surface area contributed by atoms with E-state index in [1.54, 1.807) is 48.4 Å². The Bertz CT molecular complexity index is 1560. The van der Waals surface area contributed by atoms with Crippen molar-refractivity contribution < 1.29 is 18.6 Å². The number of carbonyl (C=O) groups is 1. The number of aromatic nitrogens is 4. The highest BCUT2D eigenvalue weighted by Gasteiger charge is 2.57. The predicted molar refractivity (Wildman–Crippen MR) is 164 cm³/mol. The molecule has 0 spiro atoms. The van der Waals surface area contributed by atoms with Crippen molar-refractivity contribution in [2.75, 3.05) is 35.3 Å². The zero-order valence-corrected chi connectivity index (χ0v) is 24.4. The number of morpholine rings is 1. The summed E-state index contributed by atoms with van der Waals surface area (Å²) in [5.41, 5.74) is 2.58. The van der Waals surface area contributed by atoms with Gasteiger partial charge in [-0.3, -0.25) is 13.8 Å². The lowest BCUT2D eigenvalue weighted by molar-refractivity contribution is 0.0925. The molecular formula is C30H35N7O4S. The number of carbonyl (C=O) groups excluding carboxylic acids is 1. The van der Waals surface area contributed by atoms with E-state index in [2.05, 4.69) is 27.6 Å². The van der Waals surface area contributed by atoms with Gasteiger partial charge in [0, 0.05) is 37.1 Å². The number of hydrogen-bond donors (Lipinski definition) is 4. The Balaban J connectivity index is 1.33. The molecule has 0 unspecified atom stereocenters. The number of aryl methyl sites for hydroxylation is 1. The number of nitrogens with zero attached hydrogens (tertiary/aromatic N) is 5. The molecule has 2 aromatic carbocycles. The summed E-state index contributed by atoms with van der Waals surface area (Å²) in [7, 11) is -1.41. The van der Waals surface area contributed by atoms with E-state index in [4.69, 9.17) is 14.7 Å². The molecule has 0 radical (unpaired) electrons. The van der Waals surface area contributed by atoms with Gasteiger partial charge >= 0.3 is 6.03 Å². The average Bonchev–Trinajstić information content (AvgIpc) is 3.75. The predicted octanol–water partition coefficient (Wildman–Crippen LogP) is 5.94. The molecule has 1 saturated carbocycles. The van der Waals surface area contributed by atoms with Gasteiger partial charge in [0.1, 0.15) is 10.6 Å². The Hall–Kier alpha value is -3.97. The SMILES string of the molecule is CC[C@H]1COCCN1c1cc(C2(S(O)(O)c3ccccc3)CC2)nc(-c2ccc(NC(=O)Nc3cnn(C)c3)cc2)n1. The van der Waals surface area contributed by atoms with Crippen molar-refractivity contribution in [2.45, 2.75) is 41.9 Å². The van der Waals surface area contributed by atoms with Crippen molar-refractivity contribution >= 4 is 33.8 Å². The third-order valence-electron chi connectivity index (χ3n) is 7.86. The van der Waals surface area contributed by atoms with Crippen molar-refractivity contribution in [3.8, 4) is 11.4 Å². The van der Waals surface area contributed by atoms with E-state index in [1.165, 1.54) is 0 Å². The van der Waals surface area contributed by atoms with Crippen LogP contribution in [0.15, 0.2) is 78.0 Å². The Morgan fingerprint density at radius 2 is 1.81 bits per heavy atom. The van der Waals surface area contributed by atoms with Gasteiger partial charge in [-0.25, -0.2) is 14.8 Å². The van der Waals surface area contributed by atoms with E-state index in [9.17, 15) is 13.9 Å². The number of amides is 2. The summed E-state index contributed by atoms with van der Waals surface area (Å²) in [6.07, 6.45) is 5.41. The molecule has 1 aliphatic carbocycles. The molecule has 1 atom stereocenters. The van der Waals surface area contributed by atoms with Crippen LogP contribution in [0.1, 0.15) is 31.9 Å². The van der Waals surface area contributed by atoms with Crippen molar-refractivity contribution in [1.82, 2.24) is 19.7 Å². The lowest BCUT2D eigenvalue weighted by Gasteiger charge is -2.41. The summed E-state index contributed by atoms with van der Waals surface area (Å²) in [6.45, 7) is 4.01. The smallest absolute Gasteiger partial charge is 0.323 e. The summed E-state index contributed by atoms with van der Waals surface area (Å²) in [6, 6.07) is 18.1. The molecule has 6 rings (SSSR count). The lowest BCUT2D eigenvalue weighted by Crippen LogP contribution is -2.45. The van der Waals surface area contributed by atoms with Crippen molar-refractivity contribution in [1.29, 1.82) is 0 Å². The molecule has 2 aliphatic rings. The monoisotopic (exact) mass is 589 g/mol. The van der Waals surface area contributed by atoms with Gasteiger partial charge in [-0.15, -0.1) is 0 Å². The number of ether oxygens (including phenoxy) is 1. The minimum absolute atomic E-state index is 0.156. The lowest BCUT2D eigenvalue weighted by atomic mass is 10.1. The van der Waals surface area contributed by atoms with Gasteiger partial charge in [0.2, 0.25) is 0 Å². The third kappa shape index (κ3) is 5.45. The van der Waals surface area contributed by atoms with E-state index in [0.717, 1.165) is 17.8 Å². The third-order valence-corrected chi connectivity index (χ3v) is 10.5. The normalized spacial score (nSPS) is 18.4. The molecule has 3 heterocycles. The summed E-state index contributed by atoms with van der Waals surface area (Å²) in [5, 5.41) is 9.63. The zero-order valence-electron chi connectivity index (χ0n) is 23.6. The van der Waals surface area contributed by atoms with Gasteiger partial charge in [-0.1, -0.05) is 25.1 Å². The first-order valence-corrected chi connectivity index (χ1v) is 15.6. The summed E-state index contributed by atoms with van der Waals surface area (Å²) in [5.74, 6) is 1.24. The van der Waals surface area contributed by atoms with Crippen LogP contribution in [0, 0.1) is 0 Å². The first kappa shape index (κ1) is 28.2. The molecule has 12 heteroatoms. The molecule has 4 aromatic rings. The number of urea groups is 1. The van der Waals surface area contributed by atoms with E-state index in [1.807, 2.05) is 36.4 Å². The largest absolute Gasteiger partial charge is 0.377 e. The Morgan fingerprint density at radius 1 is 1.07 bits per heavy atom. The fraction of sp³-hybridized carbons (Fsp3) is 0.333. The van der Waals surface area contributed by atoms with Gasteiger partial charge in [0.15, 0.2) is 5.82 Å². The second-order valence-corrected chi connectivity index (χ2v) is 13.0. The fourth-order valence-electron chi connectivity index (χ4n) is 5.36. The van der Waals surface area contributed by atoms with Crippen LogP contribution in [0.2, 0.25) is 0 Å². The molecule has 0 bridgehead atoms. The van der Waals surface area contributed by atoms with Crippen LogP contribution in [0.3, 0.4) is 0 Å². The molecule has 220 valence electrons. The highest BCUT2D eigenvalue weighted by atomic mass is 32.3. The number of rotatable bonds is 8. The standard InChI is InChI=1S/C30H35N7O4S/c1-3-24-20-41-16-15-37(24)27-17-26(30(13-14-30)42(39,40)25-7-5-4-6-8-25)34-28(35-27)21-9-11-22(12-10-21)32-29(38)33-23-18-31-36(2)19-23/h4-12,17-19,24,39-40H,3,13-16,20H2,1-2H3,(H2,32,33,38)/t24-/m0/s1. The second kappa shape index (κ2) is 11.4. The molecule has 2 fully saturated rings. The van der Waals surface area contributed by atoms with E-state index in [0.29, 0.717) is 60.4 Å². The van der Waals surface area contributed by atoms with Crippen LogP contribution in [-0.2, 0) is 16.5 Å². The van der Waals surface area contributed by atoms with E-state index < -0.39 is 15.3 Å². The number of benzene rings is 2. The van der Waals surface area contributed by atoms with Gasteiger partial charge in [0.25, 0.3) is 0 Å². The summed E-state index contributed by atoms with van der Waals surface area (Å²) < 4.78 is 29.7. The highest BCUT2D eigenvalue weighted by molar-refractivity contribution is 8.25. The van der Waals surface area contributed by atoms with Gasteiger partial charge in [-0.2, -0.15) is 15.7 Å². The molecular weight excluding hydrogens is 554 g/mol. The zero-order chi connectivity index (χ0) is 29.3. The quantitative estimate of drug-likeness (QED) is 0.198. The molecule has 42 heavy (non-hydrogen) atoms. The topological polar surface area (TPSA) is 138 Å².